The predicted octanol–water partition coefficient (Wildman–Crippen LogP) is 3.24. The van der Waals surface area contributed by atoms with E-state index in [0.717, 1.165) is 22.7 Å². The van der Waals surface area contributed by atoms with Gasteiger partial charge in [0, 0.05) is 11.4 Å². The second kappa shape index (κ2) is 5.61. The number of aryl methyl sites for hydroxylation is 3. The zero-order valence-electron chi connectivity index (χ0n) is 11.7. The summed E-state index contributed by atoms with van der Waals surface area (Å²) in [4.78, 5) is 8.58. The van der Waals surface area contributed by atoms with Crippen LogP contribution < -0.4 is 5.43 Å². The minimum absolute atomic E-state index is 0.532. The summed E-state index contributed by atoms with van der Waals surface area (Å²) >= 11 is 0. The van der Waals surface area contributed by atoms with E-state index < -0.39 is 0 Å². The molecular formula is C15H18N4. The fourth-order valence-electron chi connectivity index (χ4n) is 1.84. The first-order chi connectivity index (χ1) is 9.04. The van der Waals surface area contributed by atoms with E-state index in [1.54, 1.807) is 0 Å². The quantitative estimate of drug-likeness (QED) is 0.675. The molecule has 1 aromatic heterocycles. The van der Waals surface area contributed by atoms with Gasteiger partial charge in [-0.1, -0.05) is 29.8 Å². The van der Waals surface area contributed by atoms with Crippen LogP contribution in [0.5, 0.6) is 0 Å². The molecule has 0 aliphatic carbocycles. The minimum Gasteiger partial charge on any atom is -0.245 e. The van der Waals surface area contributed by atoms with Gasteiger partial charge >= 0.3 is 0 Å². The molecule has 1 heterocycles. The van der Waals surface area contributed by atoms with Gasteiger partial charge in [-0.25, -0.2) is 15.4 Å². The Hall–Kier alpha value is -2.23. The van der Waals surface area contributed by atoms with E-state index >= 15 is 0 Å². The van der Waals surface area contributed by atoms with Crippen molar-refractivity contribution < 1.29 is 0 Å². The highest BCUT2D eigenvalue weighted by molar-refractivity contribution is 5.99. The van der Waals surface area contributed by atoms with Gasteiger partial charge in [0.15, 0.2) is 0 Å². The number of rotatable bonds is 3. The van der Waals surface area contributed by atoms with Gasteiger partial charge in [0.1, 0.15) is 0 Å². The average Bonchev–Trinajstić information content (AvgIpc) is 2.35. The molecule has 0 saturated carbocycles. The van der Waals surface area contributed by atoms with Gasteiger partial charge in [-0.15, -0.1) is 0 Å². The summed E-state index contributed by atoms with van der Waals surface area (Å²) in [6.45, 7) is 7.91. The second-order valence-electron chi connectivity index (χ2n) is 4.65. The van der Waals surface area contributed by atoms with Gasteiger partial charge in [0.2, 0.25) is 5.95 Å². The maximum absolute atomic E-state index is 4.33. The molecule has 0 radical (unpaired) electrons. The van der Waals surface area contributed by atoms with E-state index in [-0.39, 0.29) is 0 Å². The van der Waals surface area contributed by atoms with Crippen LogP contribution in [0.1, 0.15) is 29.4 Å². The van der Waals surface area contributed by atoms with Crippen LogP contribution >= 0.6 is 0 Å². The van der Waals surface area contributed by atoms with Crippen LogP contribution in [0.3, 0.4) is 0 Å². The van der Waals surface area contributed by atoms with Gasteiger partial charge in [0.05, 0.1) is 5.71 Å². The van der Waals surface area contributed by atoms with Crippen molar-refractivity contribution in [3.8, 4) is 0 Å². The number of hydrogen-bond acceptors (Lipinski definition) is 4. The second-order valence-corrected chi connectivity index (χ2v) is 4.65. The molecule has 0 bridgehead atoms. The third-order valence-electron chi connectivity index (χ3n) is 2.74. The SMILES string of the molecule is CC(=NNc1nc(C)cc(C)n1)c1cccc(C)c1. The molecule has 0 spiro atoms. The molecule has 0 aliphatic heterocycles. The zero-order chi connectivity index (χ0) is 13.8. The van der Waals surface area contributed by atoms with Gasteiger partial charge < -0.3 is 0 Å². The highest BCUT2D eigenvalue weighted by atomic mass is 15.4. The first kappa shape index (κ1) is 13.2. The first-order valence-corrected chi connectivity index (χ1v) is 6.24. The average molecular weight is 254 g/mol. The van der Waals surface area contributed by atoms with E-state index in [2.05, 4.69) is 39.6 Å². The molecule has 4 nitrogen and oxygen atoms in total. The lowest BCUT2D eigenvalue weighted by Crippen LogP contribution is -2.03. The van der Waals surface area contributed by atoms with Crippen molar-refractivity contribution in [1.29, 1.82) is 0 Å². The van der Waals surface area contributed by atoms with Crippen molar-refractivity contribution in [2.24, 2.45) is 5.10 Å². The molecule has 98 valence electrons. The summed E-state index contributed by atoms with van der Waals surface area (Å²) in [6, 6.07) is 10.2. The Morgan fingerprint density at radius 1 is 1.05 bits per heavy atom. The molecule has 0 fully saturated rings. The number of anilines is 1. The topological polar surface area (TPSA) is 50.2 Å². The van der Waals surface area contributed by atoms with E-state index in [1.807, 2.05) is 39.0 Å². The molecule has 4 heteroatoms. The number of hydrogen-bond donors (Lipinski definition) is 1. The van der Waals surface area contributed by atoms with Crippen LogP contribution in [-0.2, 0) is 0 Å². The molecule has 2 rings (SSSR count). The van der Waals surface area contributed by atoms with Crippen molar-refractivity contribution in [3.63, 3.8) is 0 Å². The number of nitrogens with one attached hydrogen (secondary N) is 1. The molecule has 0 atom stereocenters. The third kappa shape index (κ3) is 3.61. The van der Waals surface area contributed by atoms with Gasteiger partial charge in [-0.05, 0) is 39.3 Å². The maximum Gasteiger partial charge on any atom is 0.243 e. The highest BCUT2D eigenvalue weighted by Gasteiger charge is 2.00. The number of hydrazone groups is 1. The van der Waals surface area contributed by atoms with Gasteiger partial charge in [-0.3, -0.25) is 0 Å². The number of nitrogens with zero attached hydrogens (tertiary/aromatic N) is 3. The monoisotopic (exact) mass is 254 g/mol. The summed E-state index contributed by atoms with van der Waals surface area (Å²) in [5, 5.41) is 4.33. The minimum atomic E-state index is 0.532. The summed E-state index contributed by atoms with van der Waals surface area (Å²) in [5.41, 5.74) is 7.99. The van der Waals surface area contributed by atoms with E-state index in [1.165, 1.54) is 5.56 Å². The van der Waals surface area contributed by atoms with Crippen molar-refractivity contribution in [2.75, 3.05) is 5.43 Å². The van der Waals surface area contributed by atoms with Crippen LogP contribution in [0, 0.1) is 20.8 Å². The summed E-state index contributed by atoms with van der Waals surface area (Å²) < 4.78 is 0. The molecule has 1 aromatic carbocycles. The third-order valence-corrected chi connectivity index (χ3v) is 2.74. The molecule has 1 N–H and O–H groups in total. The van der Waals surface area contributed by atoms with Crippen molar-refractivity contribution in [2.45, 2.75) is 27.7 Å². The molecule has 0 saturated heterocycles. The van der Waals surface area contributed by atoms with Crippen LogP contribution in [0.25, 0.3) is 0 Å². The number of aromatic nitrogens is 2. The van der Waals surface area contributed by atoms with Crippen molar-refractivity contribution in [1.82, 2.24) is 9.97 Å². The Morgan fingerprint density at radius 3 is 2.37 bits per heavy atom. The lowest BCUT2D eigenvalue weighted by Gasteiger charge is -2.05. The molecule has 19 heavy (non-hydrogen) atoms. The van der Waals surface area contributed by atoms with Crippen LogP contribution in [0.2, 0.25) is 0 Å². The Labute approximate surface area is 113 Å². The summed E-state index contributed by atoms with van der Waals surface area (Å²) in [7, 11) is 0. The normalized spacial score (nSPS) is 11.5. The molecule has 2 aromatic rings. The lowest BCUT2D eigenvalue weighted by atomic mass is 10.1. The fraction of sp³-hybridized carbons (Fsp3) is 0.267. The fourth-order valence-corrected chi connectivity index (χ4v) is 1.84. The maximum atomic E-state index is 4.33. The van der Waals surface area contributed by atoms with E-state index in [9.17, 15) is 0 Å². The lowest BCUT2D eigenvalue weighted by molar-refractivity contribution is 1.03. The van der Waals surface area contributed by atoms with Crippen molar-refractivity contribution in [3.05, 3.63) is 52.8 Å². The molecular weight excluding hydrogens is 236 g/mol. The van der Waals surface area contributed by atoms with Crippen LogP contribution in [-0.4, -0.2) is 15.7 Å². The highest BCUT2D eigenvalue weighted by Crippen LogP contribution is 2.07. The van der Waals surface area contributed by atoms with E-state index in [0.29, 0.717) is 5.95 Å². The van der Waals surface area contributed by atoms with E-state index in [4.69, 9.17) is 0 Å². The van der Waals surface area contributed by atoms with Crippen LogP contribution in [0.4, 0.5) is 5.95 Å². The molecule has 0 amide bonds. The van der Waals surface area contributed by atoms with Gasteiger partial charge in [0.25, 0.3) is 0 Å². The zero-order valence-corrected chi connectivity index (χ0v) is 11.7. The Kier molecular flexibility index (Phi) is 3.90. The standard InChI is InChI=1S/C15H18N4/c1-10-6-5-7-14(8-10)13(4)18-19-15-16-11(2)9-12(3)17-15/h5-9H,1-4H3,(H,16,17,19). The molecule has 0 aliphatic rings. The van der Waals surface area contributed by atoms with Gasteiger partial charge in [-0.2, -0.15) is 5.10 Å². The largest absolute Gasteiger partial charge is 0.245 e. The smallest absolute Gasteiger partial charge is 0.243 e. The summed E-state index contributed by atoms with van der Waals surface area (Å²) in [6.07, 6.45) is 0. The predicted molar refractivity (Wildman–Crippen MR) is 78.5 cm³/mol. The summed E-state index contributed by atoms with van der Waals surface area (Å²) in [5.74, 6) is 0.532. The Morgan fingerprint density at radius 2 is 1.74 bits per heavy atom. The van der Waals surface area contributed by atoms with Crippen molar-refractivity contribution >= 4 is 11.7 Å². The van der Waals surface area contributed by atoms with Crippen LogP contribution in [0.15, 0.2) is 35.4 Å². The Bertz CT molecular complexity index is 597. The first-order valence-electron chi connectivity index (χ1n) is 6.24. The Balaban J connectivity index is 2.18. The number of benzene rings is 1. The molecule has 0 unspecified atom stereocenters.